The molecule has 42 heavy (non-hydrogen) atoms. The zero-order chi connectivity index (χ0) is 29.1. The van der Waals surface area contributed by atoms with E-state index in [9.17, 15) is 14.4 Å². The summed E-state index contributed by atoms with van der Waals surface area (Å²) in [6.07, 6.45) is 1.64. The van der Waals surface area contributed by atoms with Crippen molar-refractivity contribution >= 4 is 41.1 Å². The van der Waals surface area contributed by atoms with Crippen LogP contribution in [0.2, 0.25) is 0 Å². The van der Waals surface area contributed by atoms with Crippen LogP contribution in [0.15, 0.2) is 150 Å². The molecule has 0 aliphatic heterocycles. The second kappa shape index (κ2) is 13.9. The second-order valence-electron chi connectivity index (χ2n) is 9.43. The molecule has 0 bridgehead atoms. The quantitative estimate of drug-likeness (QED) is 0.103. The molecule has 0 atom stereocenters. The third-order valence-electron chi connectivity index (χ3n) is 6.42. The number of carbonyl (C=O) groups is 3. The van der Waals surface area contributed by atoms with Gasteiger partial charge >= 0.3 is 0 Å². The SMILES string of the molecule is O=C(Nc1cccc(SCC(=O)c2ccc(-c3ccccc3)cc2)c1)/C(=C/c1ccccc1)NC(=O)c1ccccc1. The minimum absolute atomic E-state index is 0.0192. The summed E-state index contributed by atoms with van der Waals surface area (Å²) in [5.41, 5.74) is 4.70. The van der Waals surface area contributed by atoms with E-state index in [1.54, 1.807) is 36.4 Å². The predicted octanol–water partition coefficient (Wildman–Crippen LogP) is 7.74. The van der Waals surface area contributed by atoms with Gasteiger partial charge in [0.15, 0.2) is 5.78 Å². The first-order chi connectivity index (χ1) is 20.5. The molecule has 2 N–H and O–H groups in total. The van der Waals surface area contributed by atoms with E-state index in [4.69, 9.17) is 0 Å². The molecule has 0 saturated heterocycles. The molecule has 5 aromatic carbocycles. The van der Waals surface area contributed by atoms with Crippen molar-refractivity contribution in [2.45, 2.75) is 4.90 Å². The molecule has 0 radical (unpaired) electrons. The number of carbonyl (C=O) groups excluding carboxylic acids is 3. The lowest BCUT2D eigenvalue weighted by molar-refractivity contribution is -0.113. The van der Waals surface area contributed by atoms with Gasteiger partial charge < -0.3 is 10.6 Å². The Morgan fingerprint density at radius 2 is 1.24 bits per heavy atom. The fraction of sp³-hybridized carbons (Fsp3) is 0.0278. The van der Waals surface area contributed by atoms with Gasteiger partial charge in [-0.3, -0.25) is 14.4 Å². The lowest BCUT2D eigenvalue weighted by Crippen LogP contribution is -2.30. The minimum Gasteiger partial charge on any atom is -0.321 e. The van der Waals surface area contributed by atoms with E-state index in [0.29, 0.717) is 16.8 Å². The molecular formula is C36H28N2O3S. The summed E-state index contributed by atoms with van der Waals surface area (Å²) < 4.78 is 0. The van der Waals surface area contributed by atoms with Crippen molar-refractivity contribution in [2.24, 2.45) is 0 Å². The first-order valence-electron chi connectivity index (χ1n) is 13.4. The number of amides is 2. The van der Waals surface area contributed by atoms with E-state index in [1.807, 2.05) is 109 Å². The molecule has 5 aromatic rings. The standard InChI is InChI=1S/C36H28N2O3S/c39-34(29-21-19-28(20-22-29)27-13-6-2-7-14-27)25-42-32-18-10-17-31(24-32)37-36(41)33(23-26-11-4-1-5-12-26)38-35(40)30-15-8-3-9-16-30/h1-24H,25H2,(H,37,41)(H,38,40)/b33-23-. The van der Waals surface area contributed by atoms with Gasteiger partial charge in [-0.25, -0.2) is 0 Å². The summed E-state index contributed by atoms with van der Waals surface area (Å²) in [6.45, 7) is 0. The molecule has 5 rings (SSSR count). The Morgan fingerprint density at radius 1 is 0.619 bits per heavy atom. The summed E-state index contributed by atoms with van der Waals surface area (Å²) in [6, 6.07) is 43.0. The van der Waals surface area contributed by atoms with Gasteiger partial charge in [-0.2, -0.15) is 0 Å². The number of Topliss-reactive ketones (excluding diaryl/α,β-unsaturated/α-hetero) is 1. The summed E-state index contributed by atoms with van der Waals surface area (Å²) in [4.78, 5) is 39.9. The molecule has 2 amide bonds. The van der Waals surface area contributed by atoms with Crippen LogP contribution in [0.25, 0.3) is 17.2 Å². The van der Waals surface area contributed by atoms with Crippen molar-refractivity contribution in [3.63, 3.8) is 0 Å². The van der Waals surface area contributed by atoms with E-state index < -0.39 is 5.91 Å². The van der Waals surface area contributed by atoms with Crippen LogP contribution in [0, 0.1) is 0 Å². The number of anilines is 1. The van der Waals surface area contributed by atoms with Crippen molar-refractivity contribution in [1.29, 1.82) is 0 Å². The second-order valence-corrected chi connectivity index (χ2v) is 10.5. The monoisotopic (exact) mass is 568 g/mol. The molecule has 0 saturated carbocycles. The topological polar surface area (TPSA) is 75.3 Å². The van der Waals surface area contributed by atoms with Crippen LogP contribution in [0.3, 0.4) is 0 Å². The van der Waals surface area contributed by atoms with Crippen LogP contribution < -0.4 is 10.6 Å². The Kier molecular flexibility index (Phi) is 9.39. The molecule has 206 valence electrons. The van der Waals surface area contributed by atoms with Gasteiger partial charge in [0.05, 0.1) is 5.75 Å². The Bertz CT molecular complexity index is 1700. The maximum atomic E-state index is 13.3. The third-order valence-corrected chi connectivity index (χ3v) is 7.41. The van der Waals surface area contributed by atoms with Gasteiger partial charge in [-0.15, -0.1) is 11.8 Å². The van der Waals surface area contributed by atoms with Crippen molar-refractivity contribution in [3.05, 3.63) is 162 Å². The lowest BCUT2D eigenvalue weighted by atomic mass is 10.0. The van der Waals surface area contributed by atoms with Crippen LogP contribution in [0.1, 0.15) is 26.3 Å². The number of hydrogen-bond donors (Lipinski definition) is 2. The third kappa shape index (κ3) is 7.71. The number of hydrogen-bond acceptors (Lipinski definition) is 4. The maximum Gasteiger partial charge on any atom is 0.272 e. The molecule has 0 fully saturated rings. The number of nitrogens with one attached hydrogen (secondary N) is 2. The number of thioether (sulfide) groups is 1. The zero-order valence-corrected chi connectivity index (χ0v) is 23.5. The highest BCUT2D eigenvalue weighted by Crippen LogP contribution is 2.24. The number of rotatable bonds is 10. The van der Waals surface area contributed by atoms with Crippen molar-refractivity contribution in [3.8, 4) is 11.1 Å². The van der Waals surface area contributed by atoms with Gasteiger partial charge in [0.1, 0.15) is 5.70 Å². The zero-order valence-electron chi connectivity index (χ0n) is 22.7. The average Bonchev–Trinajstić information content (AvgIpc) is 3.05. The summed E-state index contributed by atoms with van der Waals surface area (Å²) >= 11 is 1.40. The van der Waals surface area contributed by atoms with E-state index in [2.05, 4.69) is 10.6 Å². The Labute approximate surface area is 249 Å². The predicted molar refractivity (Wildman–Crippen MR) is 170 cm³/mol. The highest BCUT2D eigenvalue weighted by molar-refractivity contribution is 8.00. The molecular weight excluding hydrogens is 540 g/mol. The summed E-state index contributed by atoms with van der Waals surface area (Å²) in [5, 5.41) is 5.63. The van der Waals surface area contributed by atoms with Crippen LogP contribution in [-0.4, -0.2) is 23.4 Å². The van der Waals surface area contributed by atoms with Gasteiger partial charge in [-0.1, -0.05) is 109 Å². The first kappa shape index (κ1) is 28.3. The van der Waals surface area contributed by atoms with E-state index in [-0.39, 0.29) is 23.1 Å². The average molecular weight is 569 g/mol. The van der Waals surface area contributed by atoms with E-state index >= 15 is 0 Å². The Hall–Kier alpha value is -5.20. The highest BCUT2D eigenvalue weighted by Gasteiger charge is 2.15. The normalized spacial score (nSPS) is 11.0. The lowest BCUT2D eigenvalue weighted by Gasteiger charge is -2.12. The van der Waals surface area contributed by atoms with E-state index in [1.165, 1.54) is 11.8 Å². The van der Waals surface area contributed by atoms with Gasteiger partial charge in [-0.05, 0) is 53.1 Å². The Balaban J connectivity index is 1.24. The highest BCUT2D eigenvalue weighted by atomic mass is 32.2. The number of ketones is 1. The van der Waals surface area contributed by atoms with Gasteiger partial charge in [0, 0.05) is 21.7 Å². The van der Waals surface area contributed by atoms with Gasteiger partial charge in [0.2, 0.25) is 0 Å². The van der Waals surface area contributed by atoms with Crippen LogP contribution >= 0.6 is 11.8 Å². The van der Waals surface area contributed by atoms with Gasteiger partial charge in [0.25, 0.3) is 11.8 Å². The molecule has 0 unspecified atom stereocenters. The van der Waals surface area contributed by atoms with Crippen molar-refractivity contribution in [2.75, 3.05) is 11.1 Å². The molecule has 0 spiro atoms. The molecule has 5 nitrogen and oxygen atoms in total. The molecule has 0 aromatic heterocycles. The molecule has 0 heterocycles. The fourth-order valence-corrected chi connectivity index (χ4v) is 5.08. The van der Waals surface area contributed by atoms with Crippen LogP contribution in [0.4, 0.5) is 5.69 Å². The fourth-order valence-electron chi connectivity index (χ4n) is 4.23. The molecule has 6 heteroatoms. The Morgan fingerprint density at radius 3 is 1.93 bits per heavy atom. The number of benzene rings is 5. The van der Waals surface area contributed by atoms with Crippen molar-refractivity contribution < 1.29 is 14.4 Å². The summed E-state index contributed by atoms with van der Waals surface area (Å²) in [5.74, 6) is -0.563. The van der Waals surface area contributed by atoms with E-state index in [0.717, 1.165) is 21.6 Å². The van der Waals surface area contributed by atoms with Crippen LogP contribution in [0.5, 0.6) is 0 Å². The van der Waals surface area contributed by atoms with Crippen LogP contribution in [-0.2, 0) is 4.79 Å². The largest absolute Gasteiger partial charge is 0.321 e. The maximum absolute atomic E-state index is 13.3. The van der Waals surface area contributed by atoms with Crippen molar-refractivity contribution in [1.82, 2.24) is 5.32 Å². The minimum atomic E-state index is -0.458. The summed E-state index contributed by atoms with van der Waals surface area (Å²) in [7, 11) is 0. The first-order valence-corrected chi connectivity index (χ1v) is 14.4. The molecule has 0 aliphatic rings. The molecule has 0 aliphatic carbocycles. The smallest absolute Gasteiger partial charge is 0.272 e.